The highest BCUT2D eigenvalue weighted by atomic mass is 15.1. The van der Waals surface area contributed by atoms with Crippen LogP contribution in [0.2, 0.25) is 0 Å². The largest absolute Gasteiger partial charge is 0.384 e. The molecule has 0 atom stereocenters. The van der Waals surface area contributed by atoms with E-state index in [1.54, 1.807) is 0 Å². The highest BCUT2D eigenvalue weighted by Gasteiger charge is 2.18. The molecule has 0 radical (unpaired) electrons. The molecule has 5 heterocycles. The second kappa shape index (κ2) is 18.6. The maximum Gasteiger partial charge on any atom is 0.128 e. The van der Waals surface area contributed by atoms with Crippen molar-refractivity contribution in [3.63, 3.8) is 0 Å². The molecular weight excluding hydrogens is 657 g/mol. The van der Waals surface area contributed by atoms with E-state index in [4.69, 9.17) is 15.7 Å². The summed E-state index contributed by atoms with van der Waals surface area (Å²) in [6.07, 6.45) is 16.4. The number of benzene rings is 2. The number of hydrogen-bond acceptors (Lipinski definition) is 8. The number of aromatic nitrogens is 1. The Morgan fingerprint density at radius 1 is 0.906 bits per heavy atom. The summed E-state index contributed by atoms with van der Waals surface area (Å²) in [4.78, 5) is 21.0. The van der Waals surface area contributed by atoms with Crippen LogP contribution in [0.15, 0.2) is 86.2 Å². The lowest BCUT2D eigenvalue weighted by Gasteiger charge is -2.26. The van der Waals surface area contributed by atoms with Crippen LogP contribution < -0.4 is 26.6 Å². The third-order valence-corrected chi connectivity index (χ3v) is 10.1. The second-order valence-corrected chi connectivity index (χ2v) is 13.5. The Balaban J connectivity index is 0.00000236. The maximum absolute atomic E-state index is 6.33. The summed E-state index contributed by atoms with van der Waals surface area (Å²) < 4.78 is 2.49. The number of fused-ring (bicyclic) bond motifs is 2. The van der Waals surface area contributed by atoms with Gasteiger partial charge in [0.2, 0.25) is 0 Å². The highest BCUT2D eigenvalue weighted by Crippen LogP contribution is 2.30. The summed E-state index contributed by atoms with van der Waals surface area (Å²) >= 11 is 0. The van der Waals surface area contributed by atoms with Crippen molar-refractivity contribution in [2.24, 2.45) is 25.7 Å². The Kier molecular flexibility index (Phi) is 13.2. The monoisotopic (exact) mass is 714 g/mol. The fourth-order valence-corrected chi connectivity index (χ4v) is 7.50. The molecule has 1 aromatic heterocycles. The average molecular weight is 715 g/mol. The molecule has 4 aliphatic rings. The molecule has 4 aliphatic heterocycles. The van der Waals surface area contributed by atoms with Crippen LogP contribution in [0.4, 0.5) is 5.69 Å². The van der Waals surface area contributed by atoms with Crippen LogP contribution in [0.5, 0.6) is 0 Å². The fourth-order valence-electron chi connectivity index (χ4n) is 7.50. The first-order valence-corrected chi connectivity index (χ1v) is 19.8. The number of unbranched alkanes of at least 4 members (excludes halogenated alkanes) is 2. The zero-order chi connectivity index (χ0) is 37.0. The summed E-state index contributed by atoms with van der Waals surface area (Å²) in [6.45, 7) is 17.0. The van der Waals surface area contributed by atoms with Crippen molar-refractivity contribution < 1.29 is 0 Å². The highest BCUT2D eigenvalue weighted by molar-refractivity contribution is 6.03. The molecule has 5 N–H and O–H groups in total. The molecular formula is C43H58N10. The van der Waals surface area contributed by atoms with Gasteiger partial charge in [-0.15, -0.1) is 0 Å². The molecule has 7 rings (SSSR count). The number of hydrogen-bond donors (Lipinski definition) is 4. The van der Waals surface area contributed by atoms with Crippen LogP contribution in [0.3, 0.4) is 0 Å². The van der Waals surface area contributed by atoms with Crippen LogP contribution in [-0.4, -0.2) is 86.8 Å². The van der Waals surface area contributed by atoms with Crippen molar-refractivity contribution in [1.82, 2.24) is 20.5 Å². The number of nitrogens with one attached hydrogen (secondary N) is 3. The third-order valence-electron chi connectivity index (χ3n) is 10.1. The molecule has 53 heavy (non-hydrogen) atoms. The van der Waals surface area contributed by atoms with Gasteiger partial charge in [-0.05, 0) is 93.1 Å². The van der Waals surface area contributed by atoms with E-state index >= 15 is 0 Å². The topological polar surface area (TPSA) is 120 Å². The van der Waals surface area contributed by atoms with Crippen molar-refractivity contribution in [2.45, 2.75) is 66.3 Å². The summed E-state index contributed by atoms with van der Waals surface area (Å²) in [5.74, 6) is 3.69. The van der Waals surface area contributed by atoms with Crippen LogP contribution in [0, 0.1) is 6.92 Å². The van der Waals surface area contributed by atoms with Gasteiger partial charge in [-0.3, -0.25) is 20.0 Å². The number of anilines is 1. The van der Waals surface area contributed by atoms with E-state index in [-0.39, 0.29) is 0 Å². The fraction of sp³-hybridized carbons (Fsp3) is 0.442. The van der Waals surface area contributed by atoms with Gasteiger partial charge < -0.3 is 31.2 Å². The summed E-state index contributed by atoms with van der Waals surface area (Å²) in [5, 5.41) is 11.5. The molecule has 10 nitrogen and oxygen atoms in total. The Bertz CT molecular complexity index is 1950. The number of allylic oxidation sites excluding steroid dienone is 1. The molecule has 10 heteroatoms. The Hall–Kier alpha value is -5.12. The van der Waals surface area contributed by atoms with Crippen molar-refractivity contribution in [2.75, 3.05) is 63.8 Å². The molecule has 280 valence electrons. The normalized spacial score (nSPS) is 18.7. The number of nitrogens with zero attached hydrogens (tertiary/aromatic N) is 6. The van der Waals surface area contributed by atoms with Gasteiger partial charge in [0, 0.05) is 91.2 Å². The number of aryl methyl sites for hydroxylation is 2. The minimum atomic E-state index is 0.599. The lowest BCUT2D eigenvalue weighted by molar-refractivity contribution is 0.592. The van der Waals surface area contributed by atoms with E-state index in [2.05, 4.69) is 109 Å². The standard InChI is InChI=1S/C41H52N10.C2H6/c1-3-43-39(42)32-14-17-37-34(28-32)29(2)35(10-7-11-38-44-18-19-45-38)51(37)26-6-4-5-24-50-25-8-9-30(40-46-20-21-47-40)12-13-31-27-33(15-16-36(31)50)41-48-22-23-49-41;1-2/h7-10,12,14-17,27-28H,3-6,11,13,18-26H2,1-2H3,(H2,42,43)(H,44,45)(H,46,47)(H,48,49);1-2H3/b9-8-,10-7-,30-12+;. The number of rotatable bonds is 13. The van der Waals surface area contributed by atoms with Gasteiger partial charge in [0.05, 0.1) is 19.6 Å². The summed E-state index contributed by atoms with van der Waals surface area (Å²) in [7, 11) is 0. The average Bonchev–Trinajstić information content (AvgIpc) is 4.03. The predicted octanol–water partition coefficient (Wildman–Crippen LogP) is 6.17. The minimum Gasteiger partial charge on any atom is -0.384 e. The second-order valence-electron chi connectivity index (χ2n) is 13.5. The quantitative estimate of drug-likeness (QED) is 0.0960. The van der Waals surface area contributed by atoms with E-state index in [0.717, 1.165) is 114 Å². The van der Waals surface area contributed by atoms with E-state index < -0.39 is 0 Å². The summed E-state index contributed by atoms with van der Waals surface area (Å²) in [5.41, 5.74) is 16.1. The minimum absolute atomic E-state index is 0.599. The molecule has 0 saturated heterocycles. The van der Waals surface area contributed by atoms with E-state index in [9.17, 15) is 0 Å². The Morgan fingerprint density at radius 2 is 1.68 bits per heavy atom. The maximum atomic E-state index is 6.33. The molecule has 2 aromatic carbocycles. The van der Waals surface area contributed by atoms with Gasteiger partial charge in [-0.25, -0.2) is 0 Å². The number of aliphatic imine (C=N–C) groups is 4. The lowest BCUT2D eigenvalue weighted by Crippen LogP contribution is -2.26. The first kappa shape index (κ1) is 37.6. The van der Waals surface area contributed by atoms with Gasteiger partial charge >= 0.3 is 0 Å². The van der Waals surface area contributed by atoms with Crippen molar-refractivity contribution in [1.29, 1.82) is 0 Å². The molecule has 0 fully saturated rings. The van der Waals surface area contributed by atoms with Crippen LogP contribution in [0.1, 0.15) is 74.4 Å². The zero-order valence-electron chi connectivity index (χ0n) is 32.2. The molecule has 3 aromatic rings. The SMILES string of the molecule is CC.CCN=C(N)c1ccc2c(c1)c(C)c(/C=C\CC1=NCCN1)n2CCCCCN1C/C=C\C(C2=NCCN2)=C/Cc2cc(C3=NCCN3)ccc21. The van der Waals surface area contributed by atoms with Gasteiger partial charge in [0.15, 0.2) is 0 Å². The zero-order valence-corrected chi connectivity index (χ0v) is 32.2. The number of nitrogens with two attached hydrogens (primary N) is 1. The predicted molar refractivity (Wildman–Crippen MR) is 226 cm³/mol. The van der Waals surface area contributed by atoms with Crippen molar-refractivity contribution in [3.05, 3.63) is 94.2 Å². The Labute approximate surface area is 315 Å². The van der Waals surface area contributed by atoms with Crippen molar-refractivity contribution in [3.8, 4) is 0 Å². The molecule has 0 spiro atoms. The van der Waals surface area contributed by atoms with Gasteiger partial charge in [0.1, 0.15) is 23.3 Å². The van der Waals surface area contributed by atoms with Crippen LogP contribution in [-0.2, 0) is 13.0 Å². The van der Waals surface area contributed by atoms with Gasteiger partial charge in [-0.1, -0.05) is 38.2 Å². The lowest BCUT2D eigenvalue weighted by atomic mass is 10.0. The third kappa shape index (κ3) is 9.10. The van der Waals surface area contributed by atoms with Crippen LogP contribution in [0.25, 0.3) is 17.0 Å². The smallest absolute Gasteiger partial charge is 0.128 e. The van der Waals surface area contributed by atoms with E-state index in [0.29, 0.717) is 12.4 Å². The molecule has 0 aliphatic carbocycles. The first-order valence-electron chi connectivity index (χ1n) is 19.8. The summed E-state index contributed by atoms with van der Waals surface area (Å²) in [6, 6.07) is 13.4. The van der Waals surface area contributed by atoms with Gasteiger partial charge in [0.25, 0.3) is 0 Å². The molecule has 0 unspecified atom stereocenters. The van der Waals surface area contributed by atoms with E-state index in [1.807, 2.05) is 20.8 Å². The molecule has 0 amide bonds. The first-order chi connectivity index (χ1) is 26.1. The number of amidine groups is 4. The molecule has 0 saturated carbocycles. The van der Waals surface area contributed by atoms with Crippen LogP contribution >= 0.6 is 0 Å². The Morgan fingerprint density at radius 3 is 2.43 bits per heavy atom. The van der Waals surface area contributed by atoms with Crippen molar-refractivity contribution >= 4 is 46.0 Å². The van der Waals surface area contributed by atoms with Gasteiger partial charge in [-0.2, -0.15) is 0 Å². The molecule has 0 bridgehead atoms. The van der Waals surface area contributed by atoms with E-state index in [1.165, 1.54) is 44.5 Å².